The number of pyridine rings is 1. The van der Waals surface area contributed by atoms with Crippen LogP contribution in [0, 0.1) is 0 Å². The second-order valence-electron chi connectivity index (χ2n) is 6.58. The molecule has 7 heteroatoms. The van der Waals surface area contributed by atoms with Crippen molar-refractivity contribution < 1.29 is 23.1 Å². The van der Waals surface area contributed by atoms with Gasteiger partial charge in [-0.25, -0.2) is 18.2 Å². The van der Waals surface area contributed by atoms with E-state index in [-0.39, 0.29) is 42.4 Å². The average Bonchev–Trinajstić information content (AvgIpc) is 2.73. The van der Waals surface area contributed by atoms with Crippen LogP contribution in [-0.4, -0.2) is 24.5 Å². The van der Waals surface area contributed by atoms with Crippen molar-refractivity contribution in [1.82, 2.24) is 4.98 Å². The van der Waals surface area contributed by atoms with Crippen molar-refractivity contribution in [3.05, 3.63) is 89.1 Å². The Morgan fingerprint density at radius 3 is 2.59 bits per heavy atom. The molecule has 6 nitrogen and oxygen atoms in total. The smallest absolute Gasteiger partial charge is 0.337 e. The highest BCUT2D eigenvalue weighted by molar-refractivity contribution is 7.91. The average molecular weight is 411 g/mol. The van der Waals surface area contributed by atoms with Crippen LogP contribution in [0.1, 0.15) is 39.7 Å². The fourth-order valence-corrected chi connectivity index (χ4v) is 5.11. The standard InChI is InChI=1S/C21H17NO5S.CH4/c23-21(24)16-11-18-19(10-14-5-2-1-3-6-14)28(25,26)17-8-4-7-15(9-17)13-27-20(18)22-12-16;/h1-9,11-12,19H,10,13H2,(H,23,24);1H4. The molecule has 1 aromatic heterocycles. The Morgan fingerprint density at radius 2 is 1.86 bits per heavy atom. The van der Waals surface area contributed by atoms with Gasteiger partial charge in [0.05, 0.1) is 10.5 Å². The summed E-state index contributed by atoms with van der Waals surface area (Å²) in [4.78, 5) is 15.8. The van der Waals surface area contributed by atoms with Crippen molar-refractivity contribution in [2.75, 3.05) is 0 Å². The van der Waals surface area contributed by atoms with Crippen molar-refractivity contribution in [2.24, 2.45) is 0 Å². The van der Waals surface area contributed by atoms with E-state index in [2.05, 4.69) is 4.98 Å². The second-order valence-corrected chi connectivity index (χ2v) is 8.71. The van der Waals surface area contributed by atoms with Gasteiger partial charge < -0.3 is 9.84 Å². The Morgan fingerprint density at radius 1 is 1.10 bits per heavy atom. The Labute approximate surface area is 169 Å². The summed E-state index contributed by atoms with van der Waals surface area (Å²) in [5.74, 6) is -1.04. The molecule has 1 atom stereocenters. The van der Waals surface area contributed by atoms with E-state index in [4.69, 9.17) is 4.74 Å². The molecule has 3 aromatic rings. The molecule has 0 fully saturated rings. The molecule has 150 valence electrons. The molecule has 0 saturated carbocycles. The predicted octanol–water partition coefficient (Wildman–Crippen LogP) is 4.07. The Bertz CT molecular complexity index is 1140. The first-order valence-electron chi connectivity index (χ1n) is 8.68. The van der Waals surface area contributed by atoms with Gasteiger partial charge in [0, 0.05) is 11.8 Å². The van der Waals surface area contributed by atoms with Gasteiger partial charge in [-0.15, -0.1) is 0 Å². The maximum atomic E-state index is 13.5. The molecule has 1 aliphatic heterocycles. The molecule has 1 N–H and O–H groups in total. The molecule has 2 aromatic carbocycles. The highest BCUT2D eigenvalue weighted by Gasteiger charge is 2.34. The van der Waals surface area contributed by atoms with E-state index in [0.29, 0.717) is 5.56 Å². The van der Waals surface area contributed by atoms with E-state index in [9.17, 15) is 18.3 Å². The lowest BCUT2D eigenvalue weighted by molar-refractivity contribution is 0.0696. The normalized spacial score (nSPS) is 16.8. The van der Waals surface area contributed by atoms with Gasteiger partial charge in [0.1, 0.15) is 11.9 Å². The number of benzene rings is 2. The van der Waals surface area contributed by atoms with E-state index < -0.39 is 21.1 Å². The molecule has 2 heterocycles. The van der Waals surface area contributed by atoms with Crippen LogP contribution in [0.4, 0.5) is 0 Å². The van der Waals surface area contributed by atoms with Gasteiger partial charge in [0.25, 0.3) is 0 Å². The first kappa shape index (κ1) is 20.5. The first-order chi connectivity index (χ1) is 13.4. The zero-order valence-corrected chi connectivity index (χ0v) is 15.6. The molecule has 0 saturated heterocycles. The third kappa shape index (κ3) is 4.00. The number of carboxylic acids is 1. The lowest BCUT2D eigenvalue weighted by atomic mass is 10.0. The van der Waals surface area contributed by atoms with E-state index in [1.165, 1.54) is 12.3 Å². The minimum absolute atomic E-state index is 0. The molecule has 4 rings (SSSR count). The maximum absolute atomic E-state index is 13.5. The topological polar surface area (TPSA) is 93.6 Å². The molecule has 0 spiro atoms. The van der Waals surface area contributed by atoms with Gasteiger partial charge in [-0.05, 0) is 35.7 Å². The van der Waals surface area contributed by atoms with Gasteiger partial charge in [-0.1, -0.05) is 49.9 Å². The molecular weight excluding hydrogens is 390 g/mol. The number of ether oxygens (including phenoxy) is 1. The van der Waals surface area contributed by atoms with Crippen LogP contribution in [0.3, 0.4) is 0 Å². The predicted molar refractivity (Wildman–Crippen MR) is 109 cm³/mol. The van der Waals surface area contributed by atoms with E-state index >= 15 is 0 Å². The van der Waals surface area contributed by atoms with Crippen molar-refractivity contribution in [1.29, 1.82) is 0 Å². The lowest BCUT2D eigenvalue weighted by Crippen LogP contribution is -2.18. The monoisotopic (exact) mass is 411 g/mol. The summed E-state index contributed by atoms with van der Waals surface area (Å²) in [5.41, 5.74) is 1.70. The minimum atomic E-state index is -3.81. The number of rotatable bonds is 3. The van der Waals surface area contributed by atoms with Crippen LogP contribution < -0.4 is 4.74 Å². The van der Waals surface area contributed by atoms with Crippen LogP contribution in [0.5, 0.6) is 5.88 Å². The molecular formula is C22H21NO5S. The van der Waals surface area contributed by atoms with E-state index in [1.807, 2.05) is 30.3 Å². The summed E-state index contributed by atoms with van der Waals surface area (Å²) in [6, 6.07) is 17.2. The van der Waals surface area contributed by atoms with Crippen LogP contribution in [0.25, 0.3) is 0 Å². The summed E-state index contributed by atoms with van der Waals surface area (Å²) < 4.78 is 32.8. The van der Waals surface area contributed by atoms with Gasteiger partial charge in [-0.2, -0.15) is 0 Å². The number of fused-ring (bicyclic) bond motifs is 3. The number of carboxylic acid groups (broad SMARTS) is 1. The Balaban J connectivity index is 0.00000240. The van der Waals surface area contributed by atoms with Gasteiger partial charge >= 0.3 is 5.97 Å². The van der Waals surface area contributed by atoms with Crippen molar-refractivity contribution in [3.8, 4) is 5.88 Å². The zero-order valence-electron chi connectivity index (χ0n) is 14.8. The van der Waals surface area contributed by atoms with E-state index in [0.717, 1.165) is 5.56 Å². The number of nitrogens with zero attached hydrogens (tertiary/aromatic N) is 1. The van der Waals surface area contributed by atoms with Gasteiger partial charge in [-0.3, -0.25) is 0 Å². The molecule has 0 radical (unpaired) electrons. The number of hydrogen-bond donors (Lipinski definition) is 1. The maximum Gasteiger partial charge on any atom is 0.337 e. The Kier molecular flexibility index (Phi) is 5.70. The number of aromatic nitrogens is 1. The summed E-state index contributed by atoms with van der Waals surface area (Å²) in [7, 11) is -3.81. The summed E-state index contributed by atoms with van der Waals surface area (Å²) in [5, 5.41) is 8.34. The van der Waals surface area contributed by atoms with Crippen LogP contribution in [0.15, 0.2) is 71.8 Å². The van der Waals surface area contributed by atoms with Crippen LogP contribution >= 0.6 is 0 Å². The van der Waals surface area contributed by atoms with Gasteiger partial charge in [0.15, 0.2) is 9.84 Å². The van der Waals surface area contributed by atoms with Crippen molar-refractivity contribution in [3.63, 3.8) is 0 Å². The Hall–Kier alpha value is -3.19. The third-order valence-corrected chi connectivity index (χ3v) is 6.79. The quantitative estimate of drug-likeness (QED) is 0.698. The van der Waals surface area contributed by atoms with Crippen LogP contribution in [0.2, 0.25) is 0 Å². The molecule has 1 aliphatic rings. The highest BCUT2D eigenvalue weighted by Crippen LogP contribution is 2.38. The lowest BCUT2D eigenvalue weighted by Gasteiger charge is -2.20. The largest absolute Gasteiger partial charge is 0.478 e. The molecule has 2 bridgehead atoms. The molecule has 1 unspecified atom stereocenters. The van der Waals surface area contributed by atoms with Gasteiger partial charge in [0.2, 0.25) is 5.88 Å². The fourth-order valence-electron chi connectivity index (χ4n) is 3.28. The zero-order chi connectivity index (χ0) is 19.7. The minimum Gasteiger partial charge on any atom is -0.478 e. The first-order valence-corrected chi connectivity index (χ1v) is 10.2. The van der Waals surface area contributed by atoms with E-state index in [1.54, 1.807) is 24.3 Å². The number of aromatic carboxylic acids is 1. The fraction of sp³-hybridized carbons (Fsp3) is 0.182. The summed E-state index contributed by atoms with van der Waals surface area (Å²) >= 11 is 0. The third-order valence-electron chi connectivity index (χ3n) is 4.71. The molecule has 0 aliphatic carbocycles. The molecule has 29 heavy (non-hydrogen) atoms. The molecule has 0 amide bonds. The van der Waals surface area contributed by atoms with Crippen molar-refractivity contribution in [2.45, 2.75) is 30.6 Å². The number of hydrogen-bond acceptors (Lipinski definition) is 5. The van der Waals surface area contributed by atoms with Crippen LogP contribution in [-0.2, 0) is 22.9 Å². The van der Waals surface area contributed by atoms with Crippen molar-refractivity contribution >= 4 is 15.8 Å². The summed E-state index contributed by atoms with van der Waals surface area (Å²) in [6.07, 6.45) is 1.36. The summed E-state index contributed by atoms with van der Waals surface area (Å²) in [6.45, 7) is 0.147. The second kappa shape index (κ2) is 8.05. The highest BCUT2D eigenvalue weighted by atomic mass is 32.2. The number of carbonyl (C=O) groups is 1. The SMILES string of the molecule is C.O=C(O)c1cnc2c(c1)C(Cc1ccccc1)S(=O)(=O)c1cccc(c1)CO2. The number of sulfone groups is 1.